The summed E-state index contributed by atoms with van der Waals surface area (Å²) in [5, 5.41) is 18.6. The highest BCUT2D eigenvalue weighted by Crippen LogP contribution is 2.21. The normalized spacial score (nSPS) is 11.6. The number of aromatic hydroxyl groups is 2. The maximum absolute atomic E-state index is 9.30. The first-order valence-electron chi connectivity index (χ1n) is 6.06. The van der Waals surface area contributed by atoms with Gasteiger partial charge in [0.15, 0.2) is 0 Å². The molecular formula is C15H20O2. The van der Waals surface area contributed by atoms with Crippen molar-refractivity contribution in [2.75, 3.05) is 0 Å². The first-order valence-corrected chi connectivity index (χ1v) is 6.06. The van der Waals surface area contributed by atoms with Crippen molar-refractivity contribution in [2.45, 2.75) is 32.6 Å². The lowest BCUT2D eigenvalue weighted by Gasteiger charge is -2.01. The Labute approximate surface area is 103 Å². The topological polar surface area (TPSA) is 40.5 Å². The van der Waals surface area contributed by atoms with Crippen LogP contribution in [0.15, 0.2) is 42.5 Å². The van der Waals surface area contributed by atoms with Crippen molar-refractivity contribution in [1.29, 1.82) is 0 Å². The number of unbranched alkanes of at least 4 members (excludes halogenated alkanes) is 1. The van der Waals surface area contributed by atoms with Gasteiger partial charge in [-0.2, -0.15) is 0 Å². The predicted molar refractivity (Wildman–Crippen MR) is 71.3 cm³/mol. The Balaban J connectivity index is 2.35. The van der Waals surface area contributed by atoms with Crippen molar-refractivity contribution in [2.24, 2.45) is 0 Å². The molecule has 0 radical (unpaired) electrons. The molecule has 2 N–H and O–H groups in total. The summed E-state index contributed by atoms with van der Waals surface area (Å²) in [7, 11) is 0. The highest BCUT2D eigenvalue weighted by molar-refractivity contribution is 5.36. The fourth-order valence-corrected chi connectivity index (χ4v) is 1.57. The number of rotatable bonds is 6. The Kier molecular flexibility index (Phi) is 5.94. The van der Waals surface area contributed by atoms with Crippen molar-refractivity contribution in [1.82, 2.24) is 0 Å². The number of allylic oxidation sites excluding steroid dienone is 4. The van der Waals surface area contributed by atoms with Crippen LogP contribution in [0.5, 0.6) is 11.5 Å². The largest absolute Gasteiger partial charge is 0.508 e. The molecule has 2 nitrogen and oxygen atoms in total. The van der Waals surface area contributed by atoms with Gasteiger partial charge in [0.2, 0.25) is 0 Å². The second-order valence-electron chi connectivity index (χ2n) is 4.04. The van der Waals surface area contributed by atoms with E-state index in [1.165, 1.54) is 12.5 Å². The minimum atomic E-state index is 0.117. The molecule has 0 aromatic heterocycles. The fraction of sp³-hybridized carbons (Fsp3) is 0.333. The van der Waals surface area contributed by atoms with Gasteiger partial charge in [-0.15, -0.1) is 0 Å². The van der Waals surface area contributed by atoms with Crippen molar-refractivity contribution < 1.29 is 10.2 Å². The molecule has 1 aromatic rings. The summed E-state index contributed by atoms with van der Waals surface area (Å²) in [6.07, 6.45) is 12.3. The summed E-state index contributed by atoms with van der Waals surface area (Å²) >= 11 is 0. The molecule has 0 bridgehead atoms. The van der Waals surface area contributed by atoms with Crippen LogP contribution in [0.4, 0.5) is 0 Å². The Morgan fingerprint density at radius 2 is 1.53 bits per heavy atom. The highest BCUT2D eigenvalue weighted by atomic mass is 16.3. The lowest BCUT2D eigenvalue weighted by Crippen LogP contribution is -1.82. The molecule has 0 amide bonds. The van der Waals surface area contributed by atoms with Crippen LogP contribution in [0.1, 0.15) is 31.7 Å². The van der Waals surface area contributed by atoms with E-state index in [2.05, 4.69) is 25.2 Å². The van der Waals surface area contributed by atoms with Crippen LogP contribution in [-0.2, 0) is 6.42 Å². The van der Waals surface area contributed by atoms with Gasteiger partial charge in [-0.3, -0.25) is 0 Å². The summed E-state index contributed by atoms with van der Waals surface area (Å²) in [5.41, 5.74) is 0.949. The molecule has 0 aliphatic heterocycles. The predicted octanol–water partition coefficient (Wildman–Crippen LogP) is 3.94. The van der Waals surface area contributed by atoms with Gasteiger partial charge < -0.3 is 10.2 Å². The highest BCUT2D eigenvalue weighted by Gasteiger charge is 1.97. The zero-order chi connectivity index (χ0) is 12.5. The van der Waals surface area contributed by atoms with Crippen LogP contribution >= 0.6 is 0 Å². The number of hydrogen-bond acceptors (Lipinski definition) is 2. The third kappa shape index (κ3) is 5.81. The maximum Gasteiger partial charge on any atom is 0.119 e. The summed E-state index contributed by atoms with van der Waals surface area (Å²) in [4.78, 5) is 0. The second kappa shape index (κ2) is 7.55. The van der Waals surface area contributed by atoms with E-state index < -0.39 is 0 Å². The smallest absolute Gasteiger partial charge is 0.119 e. The lowest BCUT2D eigenvalue weighted by molar-refractivity contribution is 0.449. The van der Waals surface area contributed by atoms with Crippen LogP contribution < -0.4 is 0 Å². The van der Waals surface area contributed by atoms with Gasteiger partial charge in [-0.25, -0.2) is 0 Å². The summed E-state index contributed by atoms with van der Waals surface area (Å²) in [6, 6.07) is 4.70. The summed E-state index contributed by atoms with van der Waals surface area (Å²) in [6.45, 7) is 2.16. The first kappa shape index (κ1) is 13.4. The summed E-state index contributed by atoms with van der Waals surface area (Å²) < 4.78 is 0. The zero-order valence-electron chi connectivity index (χ0n) is 10.3. The third-order valence-electron chi connectivity index (χ3n) is 2.40. The average Bonchev–Trinajstić information content (AvgIpc) is 2.26. The Morgan fingerprint density at radius 1 is 0.941 bits per heavy atom. The SMILES string of the molecule is CCC/C=C/C=C/CCc1cc(O)cc(O)c1. The Morgan fingerprint density at radius 3 is 2.12 bits per heavy atom. The van der Waals surface area contributed by atoms with Crippen LogP contribution in [0, 0.1) is 0 Å². The standard InChI is InChI=1S/C15H20O2/c1-2-3-4-5-6-7-8-9-13-10-14(16)12-15(17)11-13/h4-7,10-12,16-17H,2-3,8-9H2,1H3/b5-4+,7-6+. The Bertz CT molecular complexity index is 372. The number of hydrogen-bond donors (Lipinski definition) is 2. The molecule has 1 aromatic carbocycles. The molecule has 0 spiro atoms. The quantitative estimate of drug-likeness (QED) is 0.729. The monoisotopic (exact) mass is 232 g/mol. The molecule has 92 valence electrons. The molecule has 2 heteroatoms. The summed E-state index contributed by atoms with van der Waals surface area (Å²) in [5.74, 6) is 0.235. The molecule has 0 fully saturated rings. The Hall–Kier alpha value is -1.70. The van der Waals surface area contributed by atoms with E-state index in [1.807, 2.05) is 6.08 Å². The zero-order valence-corrected chi connectivity index (χ0v) is 10.3. The van der Waals surface area contributed by atoms with Crippen molar-refractivity contribution in [3.63, 3.8) is 0 Å². The minimum Gasteiger partial charge on any atom is -0.508 e. The van der Waals surface area contributed by atoms with Gasteiger partial charge >= 0.3 is 0 Å². The van der Waals surface area contributed by atoms with Crippen LogP contribution in [0.2, 0.25) is 0 Å². The van der Waals surface area contributed by atoms with Gasteiger partial charge in [0.1, 0.15) is 11.5 Å². The van der Waals surface area contributed by atoms with E-state index in [1.54, 1.807) is 12.1 Å². The van der Waals surface area contributed by atoms with Crippen molar-refractivity contribution >= 4 is 0 Å². The molecular weight excluding hydrogens is 212 g/mol. The molecule has 17 heavy (non-hydrogen) atoms. The number of phenols is 2. The molecule has 0 saturated carbocycles. The number of phenolic OH excluding ortho intramolecular Hbond substituents is 2. The molecule has 0 aliphatic rings. The van der Waals surface area contributed by atoms with Crippen molar-refractivity contribution in [3.05, 3.63) is 48.1 Å². The molecule has 0 unspecified atom stereocenters. The van der Waals surface area contributed by atoms with Crippen LogP contribution in [-0.4, -0.2) is 10.2 Å². The lowest BCUT2D eigenvalue weighted by atomic mass is 10.1. The number of aryl methyl sites for hydroxylation is 1. The number of benzene rings is 1. The van der Waals surface area contributed by atoms with E-state index in [4.69, 9.17) is 0 Å². The molecule has 0 heterocycles. The molecule has 0 saturated heterocycles. The second-order valence-corrected chi connectivity index (χ2v) is 4.04. The van der Waals surface area contributed by atoms with Gasteiger partial charge in [-0.05, 0) is 37.0 Å². The van der Waals surface area contributed by atoms with Crippen molar-refractivity contribution in [3.8, 4) is 11.5 Å². The fourth-order valence-electron chi connectivity index (χ4n) is 1.57. The molecule has 1 rings (SSSR count). The van der Waals surface area contributed by atoms with Gasteiger partial charge in [-0.1, -0.05) is 37.6 Å². The van der Waals surface area contributed by atoms with E-state index in [9.17, 15) is 10.2 Å². The average molecular weight is 232 g/mol. The van der Waals surface area contributed by atoms with E-state index in [0.717, 1.165) is 24.8 Å². The van der Waals surface area contributed by atoms with Gasteiger partial charge in [0.25, 0.3) is 0 Å². The minimum absolute atomic E-state index is 0.117. The van der Waals surface area contributed by atoms with Gasteiger partial charge in [0.05, 0.1) is 0 Å². The van der Waals surface area contributed by atoms with E-state index >= 15 is 0 Å². The van der Waals surface area contributed by atoms with E-state index in [-0.39, 0.29) is 11.5 Å². The van der Waals surface area contributed by atoms with Crippen LogP contribution in [0.25, 0.3) is 0 Å². The molecule has 0 aliphatic carbocycles. The van der Waals surface area contributed by atoms with Crippen LogP contribution in [0.3, 0.4) is 0 Å². The van der Waals surface area contributed by atoms with E-state index in [0.29, 0.717) is 0 Å². The first-order chi connectivity index (χ1) is 8.22. The van der Waals surface area contributed by atoms with Gasteiger partial charge in [0, 0.05) is 6.07 Å². The maximum atomic E-state index is 9.30. The third-order valence-corrected chi connectivity index (χ3v) is 2.40. The molecule has 0 atom stereocenters.